The number of aromatic amines is 1. The summed E-state index contributed by atoms with van der Waals surface area (Å²) in [6.45, 7) is -0.181. The summed E-state index contributed by atoms with van der Waals surface area (Å²) in [5.41, 5.74) is 7.06. The summed E-state index contributed by atoms with van der Waals surface area (Å²) in [7, 11) is 0. The van der Waals surface area contributed by atoms with Crippen LogP contribution in [0.4, 0.5) is 5.95 Å². The normalized spacial score (nSPS) is 32.2. The molecule has 1 saturated carbocycles. The highest BCUT2D eigenvalue weighted by molar-refractivity contribution is 5.72. The van der Waals surface area contributed by atoms with Crippen LogP contribution in [0.15, 0.2) is 10.9 Å². The van der Waals surface area contributed by atoms with Crippen LogP contribution in [0.25, 0.3) is 5.57 Å². The summed E-state index contributed by atoms with van der Waals surface area (Å²) in [5, 5.41) is 29.2. The molecule has 7 nitrogen and oxygen atoms in total. The van der Waals surface area contributed by atoms with Crippen molar-refractivity contribution in [1.82, 2.24) is 9.97 Å². The second kappa shape index (κ2) is 4.69. The molecule has 3 rings (SSSR count). The molecule has 20 heavy (non-hydrogen) atoms. The maximum Gasteiger partial charge on any atom is 0.256 e. The van der Waals surface area contributed by atoms with E-state index in [0.29, 0.717) is 24.1 Å². The minimum atomic E-state index is -0.966. The number of rotatable bonds is 2. The molecule has 108 valence electrons. The Labute approximate surface area is 114 Å². The number of aliphatic hydroxyl groups excluding tert-OH is 3. The number of hydrogen-bond donors (Lipinski definition) is 5. The number of nitrogens with zero attached hydrogens (tertiary/aromatic N) is 1. The molecule has 0 spiro atoms. The highest BCUT2D eigenvalue weighted by Gasteiger charge is 2.44. The minimum Gasteiger partial charge on any atom is -0.396 e. The molecular formula is C13H17N3O4. The largest absolute Gasteiger partial charge is 0.396 e. The van der Waals surface area contributed by atoms with E-state index in [9.17, 15) is 20.1 Å². The fourth-order valence-electron chi connectivity index (χ4n) is 3.19. The summed E-state index contributed by atoms with van der Waals surface area (Å²) >= 11 is 0. The fourth-order valence-corrected chi connectivity index (χ4v) is 3.19. The Morgan fingerprint density at radius 2 is 2.15 bits per heavy atom. The first kappa shape index (κ1) is 13.3. The van der Waals surface area contributed by atoms with Crippen LogP contribution < -0.4 is 11.3 Å². The van der Waals surface area contributed by atoms with Gasteiger partial charge in [0.15, 0.2) is 0 Å². The Balaban J connectivity index is 1.98. The molecule has 0 amide bonds. The van der Waals surface area contributed by atoms with Gasteiger partial charge in [-0.05, 0) is 18.4 Å². The van der Waals surface area contributed by atoms with E-state index >= 15 is 0 Å². The number of fused-ring (bicyclic) bond motifs is 1. The summed E-state index contributed by atoms with van der Waals surface area (Å²) in [6.07, 6.45) is 0.808. The van der Waals surface area contributed by atoms with E-state index < -0.39 is 12.2 Å². The number of nitrogens with two attached hydrogens (primary N) is 1. The molecule has 0 saturated heterocycles. The van der Waals surface area contributed by atoms with Crippen molar-refractivity contribution < 1.29 is 15.3 Å². The molecule has 2 aliphatic carbocycles. The van der Waals surface area contributed by atoms with E-state index in [1.807, 2.05) is 6.08 Å². The van der Waals surface area contributed by atoms with Crippen molar-refractivity contribution in [2.24, 2.45) is 11.8 Å². The zero-order chi connectivity index (χ0) is 14.4. The first-order valence-electron chi connectivity index (χ1n) is 6.59. The van der Waals surface area contributed by atoms with Crippen molar-refractivity contribution in [2.45, 2.75) is 25.0 Å². The predicted octanol–water partition coefficient (Wildman–Crippen LogP) is -1.36. The van der Waals surface area contributed by atoms with E-state index in [2.05, 4.69) is 9.97 Å². The smallest absolute Gasteiger partial charge is 0.256 e. The average molecular weight is 279 g/mol. The van der Waals surface area contributed by atoms with Crippen LogP contribution in [0.3, 0.4) is 0 Å². The lowest BCUT2D eigenvalue weighted by Crippen LogP contribution is -2.30. The van der Waals surface area contributed by atoms with Gasteiger partial charge in [0.1, 0.15) is 0 Å². The third-order valence-corrected chi connectivity index (χ3v) is 4.27. The minimum absolute atomic E-state index is 0.0355. The second-order valence-corrected chi connectivity index (χ2v) is 5.41. The molecule has 1 aromatic heterocycles. The van der Waals surface area contributed by atoms with Gasteiger partial charge in [-0.2, -0.15) is 0 Å². The van der Waals surface area contributed by atoms with Crippen molar-refractivity contribution in [3.05, 3.63) is 27.7 Å². The van der Waals surface area contributed by atoms with Crippen LogP contribution in [0.2, 0.25) is 0 Å². The number of nitrogen functional groups attached to an aromatic ring is 1. The van der Waals surface area contributed by atoms with Gasteiger partial charge in [0.2, 0.25) is 5.95 Å². The van der Waals surface area contributed by atoms with Crippen LogP contribution in [-0.4, -0.2) is 44.1 Å². The number of anilines is 1. The Bertz CT molecular complexity index is 625. The van der Waals surface area contributed by atoms with E-state index in [0.717, 1.165) is 5.57 Å². The molecule has 0 aromatic carbocycles. The SMILES string of the molecule is Nc1nc2c(c(=O)[nH]1)CC=C2C1CC(CO)C(O)C1O. The maximum atomic E-state index is 11.8. The average Bonchev–Trinajstić information content (AvgIpc) is 2.93. The molecule has 0 radical (unpaired) electrons. The molecule has 1 heterocycles. The molecular weight excluding hydrogens is 262 g/mol. The Morgan fingerprint density at radius 3 is 2.80 bits per heavy atom. The molecule has 0 aliphatic heterocycles. The second-order valence-electron chi connectivity index (χ2n) is 5.41. The molecule has 6 N–H and O–H groups in total. The van der Waals surface area contributed by atoms with Gasteiger partial charge in [0, 0.05) is 24.0 Å². The first-order chi connectivity index (χ1) is 9.52. The van der Waals surface area contributed by atoms with Gasteiger partial charge in [-0.25, -0.2) is 4.98 Å². The summed E-state index contributed by atoms with van der Waals surface area (Å²) in [4.78, 5) is 18.4. The summed E-state index contributed by atoms with van der Waals surface area (Å²) < 4.78 is 0. The van der Waals surface area contributed by atoms with Crippen molar-refractivity contribution >= 4 is 11.5 Å². The van der Waals surface area contributed by atoms with E-state index in [4.69, 9.17) is 5.73 Å². The van der Waals surface area contributed by atoms with Crippen LogP contribution >= 0.6 is 0 Å². The van der Waals surface area contributed by atoms with Gasteiger partial charge in [-0.3, -0.25) is 9.78 Å². The maximum absolute atomic E-state index is 11.8. The van der Waals surface area contributed by atoms with Crippen molar-refractivity contribution in [3.63, 3.8) is 0 Å². The number of hydrogen-bond acceptors (Lipinski definition) is 6. The molecule has 2 aliphatic rings. The molecule has 0 bridgehead atoms. The van der Waals surface area contributed by atoms with Crippen molar-refractivity contribution in [2.75, 3.05) is 12.3 Å². The summed E-state index contributed by atoms with van der Waals surface area (Å²) in [5.74, 6) is -0.662. The quantitative estimate of drug-likeness (QED) is 0.454. The third kappa shape index (κ3) is 1.86. The van der Waals surface area contributed by atoms with Crippen LogP contribution in [0.5, 0.6) is 0 Å². The molecule has 4 unspecified atom stereocenters. The van der Waals surface area contributed by atoms with E-state index in [1.165, 1.54) is 0 Å². The molecule has 1 aromatic rings. The predicted molar refractivity (Wildman–Crippen MR) is 71.6 cm³/mol. The zero-order valence-corrected chi connectivity index (χ0v) is 10.8. The van der Waals surface area contributed by atoms with Gasteiger partial charge < -0.3 is 21.1 Å². The Morgan fingerprint density at radius 1 is 1.40 bits per heavy atom. The fraction of sp³-hybridized carbons (Fsp3) is 0.538. The van der Waals surface area contributed by atoms with Crippen LogP contribution in [0.1, 0.15) is 17.7 Å². The topological polar surface area (TPSA) is 132 Å². The number of nitrogens with one attached hydrogen (secondary N) is 1. The Hall–Kier alpha value is -1.70. The molecule has 7 heteroatoms. The highest BCUT2D eigenvalue weighted by atomic mass is 16.3. The van der Waals surface area contributed by atoms with E-state index in [-0.39, 0.29) is 30.0 Å². The van der Waals surface area contributed by atoms with Crippen molar-refractivity contribution in [3.8, 4) is 0 Å². The van der Waals surface area contributed by atoms with Gasteiger partial charge in [-0.15, -0.1) is 0 Å². The third-order valence-electron chi connectivity index (χ3n) is 4.27. The van der Waals surface area contributed by atoms with Crippen LogP contribution in [-0.2, 0) is 6.42 Å². The number of H-pyrrole nitrogens is 1. The van der Waals surface area contributed by atoms with Gasteiger partial charge in [0.25, 0.3) is 5.56 Å². The van der Waals surface area contributed by atoms with Gasteiger partial charge >= 0.3 is 0 Å². The first-order valence-corrected chi connectivity index (χ1v) is 6.59. The van der Waals surface area contributed by atoms with Crippen LogP contribution in [0, 0.1) is 11.8 Å². The molecule has 4 atom stereocenters. The van der Waals surface area contributed by atoms with Gasteiger partial charge in [-0.1, -0.05) is 6.08 Å². The lowest BCUT2D eigenvalue weighted by atomic mass is 9.93. The number of aliphatic hydroxyl groups is 3. The highest BCUT2D eigenvalue weighted by Crippen LogP contribution is 2.42. The summed E-state index contributed by atoms with van der Waals surface area (Å²) in [6, 6.07) is 0. The Kier molecular flexibility index (Phi) is 3.12. The monoisotopic (exact) mass is 279 g/mol. The standard InChI is InChI=1S/C13H17N3O4/c14-13-15-9-6(1-2-7(9)12(20)16-13)8-3-5(4-17)10(18)11(8)19/h1,5,8,10-11,17-19H,2-4H2,(H3,14,15,16,20). The van der Waals surface area contributed by atoms with Gasteiger partial charge in [0.05, 0.1) is 17.9 Å². The number of aromatic nitrogens is 2. The zero-order valence-electron chi connectivity index (χ0n) is 10.8. The van der Waals surface area contributed by atoms with E-state index in [1.54, 1.807) is 0 Å². The lowest BCUT2D eigenvalue weighted by Gasteiger charge is -2.18. The molecule has 1 fully saturated rings. The van der Waals surface area contributed by atoms with Crippen molar-refractivity contribution in [1.29, 1.82) is 0 Å². The number of allylic oxidation sites excluding steroid dienone is 1. The lowest BCUT2D eigenvalue weighted by molar-refractivity contribution is 0.000274.